The second kappa shape index (κ2) is 5.76. The molecular weight excluding hydrogens is 366 g/mol. The van der Waals surface area contributed by atoms with Gasteiger partial charge >= 0.3 is 0 Å². The molecule has 5 aliphatic rings. The number of aliphatic hydroxyl groups excluding tert-OH is 1. The molecule has 5 atom stereocenters. The fourth-order valence-electron chi connectivity index (χ4n) is 6.83. The van der Waals surface area contributed by atoms with Gasteiger partial charge in [-0.25, -0.2) is 0 Å². The van der Waals surface area contributed by atoms with E-state index in [0.717, 1.165) is 37.4 Å². The molecule has 2 unspecified atom stereocenters. The van der Waals surface area contributed by atoms with E-state index in [1.54, 1.807) is 6.07 Å². The number of phenols is 1. The molecule has 2 heterocycles. The molecule has 1 aromatic carbocycles. The zero-order chi connectivity index (χ0) is 17.7. The highest BCUT2D eigenvalue weighted by atomic mass is 35.5. The van der Waals surface area contributed by atoms with Crippen LogP contribution in [0.2, 0.25) is 0 Å². The van der Waals surface area contributed by atoms with Crippen molar-refractivity contribution in [2.45, 2.75) is 74.2 Å². The number of benzene rings is 1. The van der Waals surface area contributed by atoms with Crippen molar-refractivity contribution in [1.82, 2.24) is 4.90 Å². The minimum Gasteiger partial charge on any atom is -1.00 e. The molecule has 0 radical (unpaired) electrons. The Labute approximate surface area is 165 Å². The van der Waals surface area contributed by atoms with Crippen LogP contribution in [0.1, 0.15) is 49.7 Å². The van der Waals surface area contributed by atoms with Gasteiger partial charge in [0.25, 0.3) is 0 Å². The van der Waals surface area contributed by atoms with Gasteiger partial charge < -0.3 is 32.5 Å². The molecule has 3 N–H and O–H groups in total. The summed E-state index contributed by atoms with van der Waals surface area (Å²) in [5.74, 6) is 1.42. The van der Waals surface area contributed by atoms with E-state index in [1.165, 1.54) is 24.8 Å². The molecular formula is C21H27ClNO4-. The molecule has 2 bridgehead atoms. The second-order valence-corrected chi connectivity index (χ2v) is 9.25. The molecule has 148 valence electrons. The average molecular weight is 393 g/mol. The first-order chi connectivity index (χ1) is 12.5. The van der Waals surface area contributed by atoms with Gasteiger partial charge in [-0.2, -0.15) is 0 Å². The van der Waals surface area contributed by atoms with Crippen molar-refractivity contribution in [2.24, 2.45) is 5.92 Å². The highest BCUT2D eigenvalue weighted by molar-refractivity contribution is 5.62. The van der Waals surface area contributed by atoms with Crippen LogP contribution >= 0.6 is 0 Å². The maximum atomic E-state index is 12.1. The van der Waals surface area contributed by atoms with E-state index in [9.17, 15) is 15.3 Å². The molecule has 0 amide bonds. The quantitative estimate of drug-likeness (QED) is 0.584. The summed E-state index contributed by atoms with van der Waals surface area (Å²) in [7, 11) is 0. The maximum absolute atomic E-state index is 12.1. The van der Waals surface area contributed by atoms with E-state index < -0.39 is 23.2 Å². The third-order valence-electron chi connectivity index (χ3n) is 8.26. The summed E-state index contributed by atoms with van der Waals surface area (Å²) < 4.78 is 6.16. The smallest absolute Gasteiger partial charge is 0.165 e. The first-order valence-corrected chi connectivity index (χ1v) is 10.2. The van der Waals surface area contributed by atoms with E-state index in [2.05, 4.69) is 4.90 Å². The SMILES string of the molecule is Oc1ccc2c3c1OC1C(O)CC[C@@]4(O)[C@@H](C2)N(CC2CCC2)CC[C@]314.[Cl-]. The third kappa shape index (κ3) is 2.01. The Hall–Kier alpha value is -1.01. The minimum absolute atomic E-state index is 0. The van der Waals surface area contributed by atoms with Crippen LogP contribution in [0.4, 0.5) is 0 Å². The van der Waals surface area contributed by atoms with Crippen LogP contribution in [0, 0.1) is 5.92 Å². The molecule has 1 spiro atoms. The first kappa shape index (κ1) is 18.0. The summed E-state index contributed by atoms with van der Waals surface area (Å²) in [4.78, 5) is 2.53. The lowest BCUT2D eigenvalue weighted by atomic mass is 9.48. The van der Waals surface area contributed by atoms with Crippen molar-refractivity contribution >= 4 is 0 Å². The van der Waals surface area contributed by atoms with Gasteiger partial charge in [0, 0.05) is 18.2 Å². The molecule has 0 aromatic heterocycles. The monoisotopic (exact) mass is 392 g/mol. The number of likely N-dealkylation sites (tertiary alicyclic amines) is 1. The minimum atomic E-state index is -0.884. The Morgan fingerprint density at radius 1 is 1.19 bits per heavy atom. The summed E-state index contributed by atoms with van der Waals surface area (Å²) in [5.41, 5.74) is 0.712. The summed E-state index contributed by atoms with van der Waals surface area (Å²) in [6.45, 7) is 2.02. The summed E-state index contributed by atoms with van der Waals surface area (Å²) in [5, 5.41) is 33.2. The van der Waals surface area contributed by atoms with Crippen LogP contribution in [0.5, 0.6) is 11.5 Å². The largest absolute Gasteiger partial charge is 1.00 e. The number of aromatic hydroxyl groups is 1. The lowest BCUT2D eigenvalue weighted by molar-refractivity contribution is -0.209. The summed E-state index contributed by atoms with van der Waals surface area (Å²) in [6, 6.07) is 3.80. The van der Waals surface area contributed by atoms with E-state index in [-0.39, 0.29) is 24.2 Å². The van der Waals surface area contributed by atoms with Crippen molar-refractivity contribution in [3.8, 4) is 11.5 Å². The molecule has 3 aliphatic carbocycles. The van der Waals surface area contributed by atoms with E-state index in [4.69, 9.17) is 4.74 Å². The van der Waals surface area contributed by atoms with Crippen LogP contribution in [0.15, 0.2) is 12.1 Å². The van der Waals surface area contributed by atoms with Gasteiger partial charge in [-0.3, -0.25) is 4.90 Å². The topological polar surface area (TPSA) is 73.2 Å². The highest BCUT2D eigenvalue weighted by Gasteiger charge is 2.72. The molecule has 6 heteroatoms. The normalized spacial score (nSPS) is 41.9. The Morgan fingerprint density at radius 3 is 2.74 bits per heavy atom. The number of phenolic OH excluding ortho intramolecular Hbond substituents is 1. The van der Waals surface area contributed by atoms with Crippen LogP contribution in [0.3, 0.4) is 0 Å². The van der Waals surface area contributed by atoms with Crippen molar-refractivity contribution in [3.63, 3.8) is 0 Å². The number of hydrogen-bond donors (Lipinski definition) is 3. The standard InChI is InChI=1S/C21H27NO4.ClH/c23-14-5-4-13-10-16-21(25)7-6-15(24)19-20(21,17(13)18(14)26-19)8-9-22(16)11-12-2-1-3-12;/h4-5,12,15-16,19,23-25H,1-3,6-11H2;1H/p-1/t15?,16-,19?,20+,21-;/m1./s1. The molecule has 1 aromatic rings. The van der Waals surface area contributed by atoms with Crippen molar-refractivity contribution < 1.29 is 32.5 Å². The average Bonchev–Trinajstić information content (AvgIpc) is 2.93. The Balaban J connectivity index is 0.00000160. The Bertz CT molecular complexity index is 784. The van der Waals surface area contributed by atoms with Gasteiger partial charge in [0.15, 0.2) is 11.5 Å². The lowest BCUT2D eigenvalue weighted by Gasteiger charge is -2.64. The number of piperidine rings is 1. The van der Waals surface area contributed by atoms with Crippen molar-refractivity contribution in [3.05, 3.63) is 23.3 Å². The molecule has 2 aliphatic heterocycles. The number of rotatable bonds is 2. The summed E-state index contributed by atoms with van der Waals surface area (Å²) >= 11 is 0. The Kier molecular flexibility index (Phi) is 3.85. The molecule has 6 rings (SSSR count). The van der Waals surface area contributed by atoms with Gasteiger partial charge in [-0.1, -0.05) is 12.5 Å². The van der Waals surface area contributed by atoms with E-state index in [0.29, 0.717) is 18.6 Å². The number of hydrogen-bond acceptors (Lipinski definition) is 5. The number of halogens is 1. The predicted octanol–water partition coefficient (Wildman–Crippen LogP) is -1.29. The Morgan fingerprint density at radius 2 is 2.00 bits per heavy atom. The van der Waals surface area contributed by atoms with Crippen LogP contribution in [-0.2, 0) is 11.8 Å². The van der Waals surface area contributed by atoms with Gasteiger partial charge in [0.2, 0.25) is 0 Å². The first-order valence-electron chi connectivity index (χ1n) is 10.2. The van der Waals surface area contributed by atoms with Crippen molar-refractivity contribution in [1.29, 1.82) is 0 Å². The van der Waals surface area contributed by atoms with Gasteiger partial charge in [0.05, 0.1) is 17.1 Å². The highest BCUT2D eigenvalue weighted by Crippen LogP contribution is 2.65. The van der Waals surface area contributed by atoms with E-state index in [1.807, 2.05) is 6.07 Å². The maximum Gasteiger partial charge on any atom is 0.165 e. The zero-order valence-electron chi connectivity index (χ0n) is 15.4. The molecule has 27 heavy (non-hydrogen) atoms. The van der Waals surface area contributed by atoms with Crippen LogP contribution in [-0.4, -0.2) is 57.2 Å². The molecule has 3 fully saturated rings. The lowest BCUT2D eigenvalue weighted by Crippen LogP contribution is -3.00. The van der Waals surface area contributed by atoms with Gasteiger partial charge in [-0.15, -0.1) is 0 Å². The van der Waals surface area contributed by atoms with Crippen LogP contribution in [0.25, 0.3) is 0 Å². The van der Waals surface area contributed by atoms with Gasteiger partial charge in [0.1, 0.15) is 6.10 Å². The predicted molar refractivity (Wildman–Crippen MR) is 95.4 cm³/mol. The number of aliphatic hydroxyl groups is 2. The molecule has 5 nitrogen and oxygen atoms in total. The van der Waals surface area contributed by atoms with E-state index >= 15 is 0 Å². The fourth-order valence-corrected chi connectivity index (χ4v) is 6.83. The fraction of sp³-hybridized carbons (Fsp3) is 0.714. The number of ether oxygens (including phenoxy) is 1. The van der Waals surface area contributed by atoms with Crippen molar-refractivity contribution in [2.75, 3.05) is 13.1 Å². The summed E-state index contributed by atoms with van der Waals surface area (Å²) in [6.07, 6.45) is 5.68. The second-order valence-electron chi connectivity index (χ2n) is 9.25. The third-order valence-corrected chi connectivity index (χ3v) is 8.26. The number of nitrogens with zero attached hydrogens (tertiary/aromatic N) is 1. The zero-order valence-corrected chi connectivity index (χ0v) is 16.2. The molecule has 1 saturated heterocycles. The van der Waals surface area contributed by atoms with Gasteiger partial charge in [-0.05, 0) is 62.6 Å². The van der Waals surface area contributed by atoms with Crippen LogP contribution < -0.4 is 17.1 Å². The molecule has 2 saturated carbocycles.